The number of pyridine rings is 2. The molecule has 3 aromatic heterocycles. The van der Waals surface area contributed by atoms with Crippen LogP contribution in [0.2, 0.25) is 5.02 Å². The maximum absolute atomic E-state index is 13.2. The monoisotopic (exact) mass is 520 g/mol. The Hall–Kier alpha value is -3.79. The minimum atomic E-state index is -3.85. The van der Waals surface area contributed by atoms with Crippen LogP contribution in [0.25, 0.3) is 21.5 Å². The maximum atomic E-state index is 13.2. The standard InChI is InChI=1S/C25H17ClN4O3S2/c26-17-8-4-15(5-9-17)20-13-12-19-22(27)24(34-25(19)29-20)23(31)16-6-10-18(11-7-16)35(32,33)30-21-3-1-2-14-28-21/h1-14H,27H2,(H,28,30). The summed E-state index contributed by atoms with van der Waals surface area (Å²) in [5.41, 5.74) is 8.59. The van der Waals surface area contributed by atoms with E-state index in [0.29, 0.717) is 31.4 Å². The molecular formula is C25H17ClN4O3S2. The molecule has 0 aliphatic carbocycles. The Morgan fingerprint density at radius 2 is 1.69 bits per heavy atom. The number of sulfonamides is 1. The first-order chi connectivity index (χ1) is 16.8. The number of rotatable bonds is 6. The van der Waals surface area contributed by atoms with Crippen molar-refractivity contribution in [2.45, 2.75) is 4.90 Å². The van der Waals surface area contributed by atoms with E-state index in [0.717, 1.165) is 11.3 Å². The summed E-state index contributed by atoms with van der Waals surface area (Å²) in [5, 5.41) is 1.32. The molecule has 0 saturated carbocycles. The van der Waals surface area contributed by atoms with Crippen LogP contribution in [-0.2, 0) is 10.0 Å². The third-order valence-corrected chi connectivity index (χ3v) is 8.01. The molecule has 3 N–H and O–H groups in total. The van der Waals surface area contributed by atoms with Crippen LogP contribution in [0.5, 0.6) is 0 Å². The first-order valence-electron chi connectivity index (χ1n) is 10.4. The molecule has 0 aliphatic heterocycles. The van der Waals surface area contributed by atoms with Gasteiger partial charge in [-0.1, -0.05) is 29.8 Å². The van der Waals surface area contributed by atoms with Crippen molar-refractivity contribution in [2.75, 3.05) is 10.5 Å². The number of nitrogens with zero attached hydrogens (tertiary/aromatic N) is 2. The summed E-state index contributed by atoms with van der Waals surface area (Å²) < 4.78 is 27.7. The topological polar surface area (TPSA) is 115 Å². The van der Waals surface area contributed by atoms with E-state index in [2.05, 4.69) is 14.7 Å². The van der Waals surface area contributed by atoms with Crippen molar-refractivity contribution in [1.29, 1.82) is 0 Å². The molecule has 0 fully saturated rings. The zero-order valence-corrected chi connectivity index (χ0v) is 20.4. The van der Waals surface area contributed by atoms with Crippen molar-refractivity contribution in [1.82, 2.24) is 9.97 Å². The minimum absolute atomic E-state index is 0.0123. The molecule has 0 atom stereocenters. The van der Waals surface area contributed by atoms with Crippen LogP contribution in [-0.4, -0.2) is 24.2 Å². The fraction of sp³-hybridized carbons (Fsp3) is 0. The highest BCUT2D eigenvalue weighted by Crippen LogP contribution is 2.35. The van der Waals surface area contributed by atoms with E-state index >= 15 is 0 Å². The number of nitrogen functional groups attached to an aromatic ring is 1. The quantitative estimate of drug-likeness (QED) is 0.280. The summed E-state index contributed by atoms with van der Waals surface area (Å²) in [4.78, 5) is 22.8. The summed E-state index contributed by atoms with van der Waals surface area (Å²) in [6.07, 6.45) is 1.49. The van der Waals surface area contributed by atoms with Crippen LogP contribution >= 0.6 is 22.9 Å². The Bertz CT molecular complexity index is 1650. The number of halogens is 1. The molecule has 0 unspecified atom stereocenters. The van der Waals surface area contributed by atoms with Crippen molar-refractivity contribution >= 4 is 60.5 Å². The fourth-order valence-corrected chi connectivity index (χ4v) is 5.67. The fourth-order valence-electron chi connectivity index (χ4n) is 3.48. The molecule has 0 bridgehead atoms. The van der Waals surface area contributed by atoms with Crippen molar-refractivity contribution in [3.05, 3.63) is 101 Å². The van der Waals surface area contributed by atoms with Crippen LogP contribution in [0.1, 0.15) is 15.2 Å². The van der Waals surface area contributed by atoms with Gasteiger partial charge >= 0.3 is 0 Å². The van der Waals surface area contributed by atoms with Crippen LogP contribution in [0, 0.1) is 0 Å². The van der Waals surface area contributed by atoms with Gasteiger partial charge in [0.05, 0.1) is 16.3 Å². The van der Waals surface area contributed by atoms with Gasteiger partial charge in [0.25, 0.3) is 10.0 Å². The summed E-state index contributed by atoms with van der Waals surface area (Å²) in [7, 11) is -3.85. The van der Waals surface area contributed by atoms with Gasteiger partial charge in [-0.05, 0) is 60.7 Å². The second-order valence-corrected chi connectivity index (χ2v) is 10.7. The summed E-state index contributed by atoms with van der Waals surface area (Å²) in [6, 6.07) is 21.6. The lowest BCUT2D eigenvalue weighted by atomic mass is 10.1. The number of nitrogens with two attached hydrogens (primary N) is 1. The van der Waals surface area contributed by atoms with Crippen LogP contribution in [0.15, 0.2) is 90.0 Å². The largest absolute Gasteiger partial charge is 0.397 e. The van der Waals surface area contributed by atoms with Gasteiger partial charge in [0.1, 0.15) is 15.5 Å². The number of benzene rings is 2. The normalized spacial score (nSPS) is 11.5. The predicted octanol–water partition coefficient (Wildman–Crippen LogP) is 5.63. The molecule has 0 amide bonds. The van der Waals surface area contributed by atoms with Gasteiger partial charge in [-0.15, -0.1) is 11.3 Å². The van der Waals surface area contributed by atoms with Crippen LogP contribution in [0.3, 0.4) is 0 Å². The van der Waals surface area contributed by atoms with Crippen molar-refractivity contribution < 1.29 is 13.2 Å². The maximum Gasteiger partial charge on any atom is 0.263 e. The number of hydrogen-bond acceptors (Lipinski definition) is 7. The molecule has 174 valence electrons. The minimum Gasteiger partial charge on any atom is -0.397 e. The average molecular weight is 521 g/mol. The lowest BCUT2D eigenvalue weighted by Gasteiger charge is -2.07. The van der Waals surface area contributed by atoms with E-state index in [4.69, 9.17) is 17.3 Å². The lowest BCUT2D eigenvalue weighted by Crippen LogP contribution is -2.14. The Kier molecular flexibility index (Phi) is 5.98. The zero-order chi connectivity index (χ0) is 24.6. The third kappa shape index (κ3) is 4.61. The van der Waals surface area contributed by atoms with E-state index in [1.54, 1.807) is 30.3 Å². The summed E-state index contributed by atoms with van der Waals surface area (Å²) >= 11 is 7.17. The van der Waals surface area contributed by atoms with Crippen molar-refractivity contribution in [3.63, 3.8) is 0 Å². The lowest BCUT2D eigenvalue weighted by molar-refractivity contribution is 0.104. The molecule has 3 heterocycles. The highest BCUT2D eigenvalue weighted by Gasteiger charge is 2.21. The van der Waals surface area contributed by atoms with Crippen LogP contribution < -0.4 is 10.5 Å². The van der Waals surface area contributed by atoms with E-state index in [1.807, 2.05) is 24.3 Å². The molecule has 2 aromatic carbocycles. The molecule has 35 heavy (non-hydrogen) atoms. The smallest absolute Gasteiger partial charge is 0.263 e. The molecule has 0 saturated heterocycles. The summed E-state index contributed by atoms with van der Waals surface area (Å²) in [6.45, 7) is 0. The van der Waals surface area contributed by atoms with E-state index < -0.39 is 10.0 Å². The number of carbonyl (C=O) groups is 1. The predicted molar refractivity (Wildman–Crippen MR) is 139 cm³/mol. The third-order valence-electron chi connectivity index (χ3n) is 5.27. The zero-order valence-electron chi connectivity index (χ0n) is 18.0. The number of nitrogens with one attached hydrogen (secondary N) is 1. The summed E-state index contributed by atoms with van der Waals surface area (Å²) in [5.74, 6) is -0.101. The molecule has 5 rings (SSSR count). The van der Waals surface area contributed by atoms with Gasteiger partial charge in [-0.2, -0.15) is 0 Å². The number of ketones is 1. The molecular weight excluding hydrogens is 504 g/mol. The van der Waals surface area contributed by atoms with E-state index in [-0.39, 0.29) is 16.5 Å². The Labute approximate surface area is 210 Å². The Morgan fingerprint density at radius 3 is 2.37 bits per heavy atom. The van der Waals surface area contributed by atoms with Crippen molar-refractivity contribution in [3.8, 4) is 11.3 Å². The van der Waals surface area contributed by atoms with Gasteiger partial charge in [0.2, 0.25) is 5.78 Å². The second kappa shape index (κ2) is 9.10. The van der Waals surface area contributed by atoms with E-state index in [1.165, 1.54) is 41.8 Å². The van der Waals surface area contributed by atoms with Crippen LogP contribution in [0.4, 0.5) is 11.5 Å². The first-order valence-corrected chi connectivity index (χ1v) is 13.0. The van der Waals surface area contributed by atoms with E-state index in [9.17, 15) is 13.2 Å². The molecule has 0 aliphatic rings. The number of thiophene rings is 1. The van der Waals surface area contributed by atoms with Gasteiger partial charge in [-0.25, -0.2) is 18.4 Å². The number of hydrogen-bond donors (Lipinski definition) is 2. The number of carbonyl (C=O) groups excluding carboxylic acids is 1. The number of anilines is 2. The molecule has 5 aromatic rings. The molecule has 10 heteroatoms. The first kappa shape index (κ1) is 23.0. The van der Waals surface area contributed by atoms with Gasteiger partial charge in [0.15, 0.2) is 0 Å². The highest BCUT2D eigenvalue weighted by molar-refractivity contribution is 7.92. The van der Waals surface area contributed by atoms with Gasteiger partial charge in [0, 0.05) is 27.7 Å². The van der Waals surface area contributed by atoms with Gasteiger partial charge in [-0.3, -0.25) is 9.52 Å². The van der Waals surface area contributed by atoms with Gasteiger partial charge < -0.3 is 5.73 Å². The Balaban J connectivity index is 1.42. The second-order valence-electron chi connectivity index (χ2n) is 7.57. The molecule has 7 nitrogen and oxygen atoms in total. The number of aromatic nitrogens is 2. The Morgan fingerprint density at radius 1 is 0.943 bits per heavy atom. The molecule has 0 radical (unpaired) electrons. The number of fused-ring (bicyclic) bond motifs is 1. The highest BCUT2D eigenvalue weighted by atomic mass is 35.5. The average Bonchev–Trinajstić information content (AvgIpc) is 3.20. The molecule has 0 spiro atoms. The SMILES string of the molecule is Nc1c(C(=O)c2ccc(S(=O)(=O)Nc3ccccn3)cc2)sc2nc(-c3ccc(Cl)cc3)ccc12. The van der Waals surface area contributed by atoms with Crippen molar-refractivity contribution in [2.24, 2.45) is 0 Å².